The average molecular weight is 358 g/mol. The van der Waals surface area contributed by atoms with E-state index >= 15 is 0 Å². The lowest BCUT2D eigenvalue weighted by Gasteiger charge is -2.18. The molecule has 8 heteroatoms. The lowest BCUT2D eigenvalue weighted by atomic mass is 10.1. The first-order valence-corrected chi connectivity index (χ1v) is 6.78. The molecule has 0 spiro atoms. The Morgan fingerprint density at radius 1 is 1.14 bits per heavy atom. The third-order valence-corrected chi connectivity index (χ3v) is 3.22. The largest absolute Gasteiger partial charge is 0.496 e. The Labute approximate surface area is 130 Å². The van der Waals surface area contributed by atoms with Crippen LogP contribution in [0.15, 0.2) is 22.7 Å². The molecule has 0 heterocycles. The smallest absolute Gasteiger partial charge is 0.231 e. The van der Waals surface area contributed by atoms with E-state index in [9.17, 15) is 14.4 Å². The van der Waals surface area contributed by atoms with Gasteiger partial charge in [0.1, 0.15) is 5.75 Å². The summed E-state index contributed by atoms with van der Waals surface area (Å²) in [7, 11) is 1.52. The topological polar surface area (TPSA) is 116 Å². The average Bonchev–Trinajstić information content (AvgIpc) is 2.36. The zero-order valence-electron chi connectivity index (χ0n) is 11.5. The minimum absolute atomic E-state index is 0.134. The fraction of sp³-hybridized carbons (Fsp3) is 0.308. The number of carbonyl (C=O) groups excluding carboxylic acids is 3. The third kappa shape index (κ3) is 5.52. The van der Waals surface area contributed by atoms with Crippen molar-refractivity contribution in [2.24, 2.45) is 11.5 Å². The van der Waals surface area contributed by atoms with Gasteiger partial charge in [0, 0.05) is 5.56 Å². The van der Waals surface area contributed by atoms with E-state index < -0.39 is 11.8 Å². The summed E-state index contributed by atoms with van der Waals surface area (Å²) in [6.45, 7) is -0.567. The van der Waals surface area contributed by atoms with Crippen LogP contribution >= 0.6 is 15.9 Å². The first-order valence-electron chi connectivity index (χ1n) is 5.99. The van der Waals surface area contributed by atoms with Gasteiger partial charge < -0.3 is 16.2 Å². The number of nitrogens with zero attached hydrogens (tertiary/aromatic N) is 1. The SMILES string of the molecule is COc1ccc(C(=O)CN(CC(N)=O)CC(N)=O)cc1Br. The Kier molecular flexibility index (Phi) is 6.32. The summed E-state index contributed by atoms with van der Waals surface area (Å²) in [5.41, 5.74) is 10.6. The number of carbonyl (C=O) groups is 3. The van der Waals surface area contributed by atoms with Gasteiger partial charge in [-0.15, -0.1) is 0 Å². The van der Waals surface area contributed by atoms with Gasteiger partial charge in [-0.05, 0) is 34.1 Å². The highest BCUT2D eigenvalue weighted by Gasteiger charge is 2.17. The van der Waals surface area contributed by atoms with Crippen LogP contribution < -0.4 is 16.2 Å². The molecule has 0 aliphatic carbocycles. The van der Waals surface area contributed by atoms with Crippen molar-refractivity contribution in [3.63, 3.8) is 0 Å². The van der Waals surface area contributed by atoms with Crippen LogP contribution in [0.4, 0.5) is 0 Å². The molecule has 0 aliphatic rings. The van der Waals surface area contributed by atoms with Gasteiger partial charge in [-0.25, -0.2) is 0 Å². The van der Waals surface area contributed by atoms with Crippen LogP contribution in [0.3, 0.4) is 0 Å². The number of methoxy groups -OCH3 is 1. The summed E-state index contributed by atoms with van der Waals surface area (Å²) in [5, 5.41) is 0. The van der Waals surface area contributed by atoms with Gasteiger partial charge in [0.05, 0.1) is 31.2 Å². The minimum Gasteiger partial charge on any atom is -0.496 e. The zero-order valence-corrected chi connectivity index (χ0v) is 13.1. The maximum absolute atomic E-state index is 12.2. The van der Waals surface area contributed by atoms with Crippen LogP contribution in [0.5, 0.6) is 5.75 Å². The van der Waals surface area contributed by atoms with Gasteiger partial charge in [0.2, 0.25) is 11.8 Å². The molecule has 1 rings (SSSR count). The number of amides is 2. The number of ketones is 1. The number of primary amides is 2. The molecule has 0 saturated heterocycles. The summed E-state index contributed by atoms with van der Waals surface area (Å²) in [6, 6.07) is 4.84. The van der Waals surface area contributed by atoms with Crippen LogP contribution in [-0.4, -0.2) is 49.2 Å². The number of Topliss-reactive ketones (excluding diaryl/α,β-unsaturated/α-hetero) is 1. The van der Waals surface area contributed by atoms with Crippen molar-refractivity contribution in [2.45, 2.75) is 0 Å². The molecule has 1 aromatic carbocycles. The first kappa shape index (κ1) is 17.1. The molecule has 0 radical (unpaired) electrons. The first-order chi connectivity index (χ1) is 9.83. The van der Waals surface area contributed by atoms with E-state index in [4.69, 9.17) is 16.2 Å². The van der Waals surface area contributed by atoms with E-state index in [1.165, 1.54) is 12.0 Å². The normalized spacial score (nSPS) is 10.4. The van der Waals surface area contributed by atoms with E-state index in [0.717, 1.165) is 0 Å². The highest BCUT2D eigenvalue weighted by molar-refractivity contribution is 9.10. The molecule has 2 amide bonds. The van der Waals surface area contributed by atoms with Gasteiger partial charge in [-0.2, -0.15) is 0 Å². The molecule has 0 saturated carbocycles. The Bertz CT molecular complexity index is 546. The fourth-order valence-electron chi connectivity index (χ4n) is 1.74. The van der Waals surface area contributed by atoms with Crippen molar-refractivity contribution in [1.82, 2.24) is 4.90 Å². The quantitative estimate of drug-likeness (QED) is 0.631. The van der Waals surface area contributed by atoms with Gasteiger partial charge in [0.15, 0.2) is 5.78 Å². The second-order valence-electron chi connectivity index (χ2n) is 4.35. The van der Waals surface area contributed by atoms with Gasteiger partial charge in [-0.1, -0.05) is 0 Å². The fourth-order valence-corrected chi connectivity index (χ4v) is 2.28. The van der Waals surface area contributed by atoms with Crippen molar-refractivity contribution in [2.75, 3.05) is 26.7 Å². The lowest BCUT2D eigenvalue weighted by molar-refractivity contribution is -0.121. The minimum atomic E-state index is -0.639. The number of rotatable bonds is 8. The third-order valence-electron chi connectivity index (χ3n) is 2.60. The predicted octanol–water partition coefficient (Wildman–Crippen LogP) is -0.0870. The Morgan fingerprint density at radius 3 is 2.14 bits per heavy atom. The van der Waals surface area contributed by atoms with Crippen LogP contribution in [0.2, 0.25) is 0 Å². The summed E-state index contributed by atoms with van der Waals surface area (Å²) in [4.78, 5) is 35.3. The van der Waals surface area contributed by atoms with Crippen LogP contribution in [0.1, 0.15) is 10.4 Å². The second-order valence-corrected chi connectivity index (χ2v) is 5.20. The van der Waals surface area contributed by atoms with Crippen LogP contribution in [0.25, 0.3) is 0 Å². The van der Waals surface area contributed by atoms with Gasteiger partial charge in [0.25, 0.3) is 0 Å². The number of halogens is 1. The molecule has 0 fully saturated rings. The van der Waals surface area contributed by atoms with Crippen molar-refractivity contribution in [3.8, 4) is 5.75 Å². The summed E-state index contributed by atoms with van der Waals surface area (Å²) in [5.74, 6) is -0.946. The standard InChI is InChI=1S/C13H16BrN3O4/c1-21-11-3-2-8(4-9(11)14)10(18)5-17(6-12(15)19)7-13(16)20/h2-4H,5-7H2,1H3,(H2,15,19)(H2,16,20). The van der Waals surface area contributed by atoms with E-state index in [-0.39, 0.29) is 25.4 Å². The highest BCUT2D eigenvalue weighted by Crippen LogP contribution is 2.25. The summed E-state index contributed by atoms with van der Waals surface area (Å²) in [6.07, 6.45) is 0. The number of nitrogens with two attached hydrogens (primary N) is 2. The lowest BCUT2D eigenvalue weighted by Crippen LogP contribution is -2.42. The number of ether oxygens (including phenoxy) is 1. The van der Waals surface area contributed by atoms with Crippen molar-refractivity contribution >= 4 is 33.5 Å². The Balaban J connectivity index is 2.83. The maximum Gasteiger partial charge on any atom is 0.231 e. The molecule has 114 valence electrons. The molecule has 0 atom stereocenters. The highest BCUT2D eigenvalue weighted by atomic mass is 79.9. The van der Waals surface area contributed by atoms with E-state index in [1.54, 1.807) is 18.2 Å². The van der Waals surface area contributed by atoms with Crippen LogP contribution in [0, 0.1) is 0 Å². The molecular weight excluding hydrogens is 342 g/mol. The predicted molar refractivity (Wildman–Crippen MR) is 79.9 cm³/mol. The van der Waals surface area contributed by atoms with Gasteiger partial charge in [-0.3, -0.25) is 19.3 Å². The van der Waals surface area contributed by atoms with E-state index in [0.29, 0.717) is 15.8 Å². The molecule has 4 N–H and O–H groups in total. The number of hydrogen-bond acceptors (Lipinski definition) is 5. The molecular formula is C13H16BrN3O4. The molecule has 7 nitrogen and oxygen atoms in total. The zero-order chi connectivity index (χ0) is 16.0. The molecule has 21 heavy (non-hydrogen) atoms. The molecule has 1 aromatic rings. The molecule has 0 aromatic heterocycles. The van der Waals surface area contributed by atoms with Crippen molar-refractivity contribution < 1.29 is 19.1 Å². The number of benzene rings is 1. The molecule has 0 unspecified atom stereocenters. The van der Waals surface area contributed by atoms with Crippen LogP contribution in [-0.2, 0) is 9.59 Å². The summed E-state index contributed by atoms with van der Waals surface area (Å²) >= 11 is 3.28. The van der Waals surface area contributed by atoms with Crippen molar-refractivity contribution in [3.05, 3.63) is 28.2 Å². The Hall–Kier alpha value is -1.93. The Morgan fingerprint density at radius 2 is 1.71 bits per heavy atom. The molecule has 0 bridgehead atoms. The monoisotopic (exact) mass is 357 g/mol. The summed E-state index contributed by atoms with van der Waals surface area (Å²) < 4.78 is 5.71. The molecule has 0 aliphatic heterocycles. The second kappa shape index (κ2) is 7.75. The van der Waals surface area contributed by atoms with E-state index in [1.807, 2.05) is 0 Å². The number of hydrogen-bond donors (Lipinski definition) is 2. The van der Waals surface area contributed by atoms with Gasteiger partial charge >= 0.3 is 0 Å². The van der Waals surface area contributed by atoms with E-state index in [2.05, 4.69) is 15.9 Å². The maximum atomic E-state index is 12.2. The van der Waals surface area contributed by atoms with Crippen molar-refractivity contribution in [1.29, 1.82) is 0 Å².